The van der Waals surface area contributed by atoms with E-state index in [0.717, 1.165) is 17.7 Å². The maximum absolute atomic E-state index is 12.6. The molecule has 1 fully saturated rings. The van der Waals surface area contributed by atoms with Crippen LogP contribution >= 0.6 is 12.4 Å². The number of benzene rings is 1. The molecule has 1 aliphatic heterocycles. The molecule has 24 heavy (non-hydrogen) atoms. The molecule has 1 aromatic carbocycles. The van der Waals surface area contributed by atoms with Crippen molar-refractivity contribution in [3.05, 3.63) is 29.3 Å². The molecule has 132 valence electrons. The van der Waals surface area contributed by atoms with E-state index < -0.39 is 27.4 Å². The first-order valence-electron chi connectivity index (χ1n) is 7.50. The van der Waals surface area contributed by atoms with E-state index in [4.69, 9.17) is 5.73 Å². The lowest BCUT2D eigenvalue weighted by Crippen LogP contribution is -2.51. The van der Waals surface area contributed by atoms with Crippen LogP contribution in [0.25, 0.3) is 0 Å². The molecule has 0 radical (unpaired) electrons. The predicted octanol–water partition coefficient (Wildman–Crippen LogP) is 0.884. The molecular weight excluding hydrogens is 354 g/mol. The van der Waals surface area contributed by atoms with Crippen LogP contribution in [0.15, 0.2) is 23.1 Å². The van der Waals surface area contributed by atoms with Crippen molar-refractivity contribution in [3.63, 3.8) is 0 Å². The number of carbonyl (C=O) groups is 2. The Labute approximate surface area is 147 Å². The van der Waals surface area contributed by atoms with Crippen LogP contribution in [0.2, 0.25) is 0 Å². The fourth-order valence-corrected chi connectivity index (χ4v) is 4.75. The van der Waals surface area contributed by atoms with Crippen molar-refractivity contribution in [3.8, 4) is 0 Å². The number of amides is 2. The average Bonchev–Trinajstić information content (AvgIpc) is 3.07. The largest absolute Gasteiger partial charge is 0.329 e. The van der Waals surface area contributed by atoms with Gasteiger partial charge in [-0.05, 0) is 31.0 Å². The van der Waals surface area contributed by atoms with E-state index >= 15 is 0 Å². The lowest BCUT2D eigenvalue weighted by atomic mass is 10.0. The van der Waals surface area contributed by atoms with Gasteiger partial charge in [0.15, 0.2) is 0 Å². The van der Waals surface area contributed by atoms with Gasteiger partial charge in [-0.3, -0.25) is 14.5 Å². The zero-order valence-electron chi connectivity index (χ0n) is 13.2. The summed E-state index contributed by atoms with van der Waals surface area (Å²) in [5.74, 6) is -0.910. The van der Waals surface area contributed by atoms with Crippen LogP contribution in [0, 0.1) is 0 Å². The molecule has 3 rings (SSSR count). The first-order chi connectivity index (χ1) is 10.8. The third-order valence-corrected chi connectivity index (χ3v) is 6.25. The van der Waals surface area contributed by atoms with Gasteiger partial charge in [-0.25, -0.2) is 13.1 Å². The van der Waals surface area contributed by atoms with Crippen molar-refractivity contribution < 1.29 is 18.0 Å². The molecule has 1 heterocycles. The Morgan fingerprint density at radius 1 is 1.17 bits per heavy atom. The molecule has 0 aromatic heterocycles. The highest BCUT2D eigenvalue weighted by molar-refractivity contribution is 7.89. The molecule has 2 amide bonds. The first kappa shape index (κ1) is 18.9. The molecule has 2 aliphatic rings. The maximum Gasteiger partial charge on any atom is 0.261 e. The van der Waals surface area contributed by atoms with Crippen molar-refractivity contribution in [1.82, 2.24) is 9.62 Å². The third-order valence-electron chi connectivity index (χ3n) is 4.67. The summed E-state index contributed by atoms with van der Waals surface area (Å²) in [6.07, 6.45) is 3.27. The minimum Gasteiger partial charge on any atom is -0.329 e. The van der Waals surface area contributed by atoms with Crippen molar-refractivity contribution >= 4 is 34.2 Å². The van der Waals surface area contributed by atoms with Crippen LogP contribution in [0.3, 0.4) is 0 Å². The quantitative estimate of drug-likeness (QED) is 0.761. The summed E-state index contributed by atoms with van der Waals surface area (Å²) in [6, 6.07) is 4.00. The van der Waals surface area contributed by atoms with Crippen LogP contribution in [-0.4, -0.2) is 44.3 Å². The molecule has 1 aliphatic carbocycles. The summed E-state index contributed by atoms with van der Waals surface area (Å²) in [4.78, 5) is 24.8. The van der Waals surface area contributed by atoms with Crippen LogP contribution < -0.4 is 10.5 Å². The lowest BCUT2D eigenvalue weighted by Gasteiger charge is -2.28. The Kier molecular flexibility index (Phi) is 5.06. The van der Waals surface area contributed by atoms with E-state index in [0.29, 0.717) is 12.8 Å². The van der Waals surface area contributed by atoms with Gasteiger partial charge in [0.1, 0.15) is 0 Å². The Hall–Kier alpha value is -1.48. The summed E-state index contributed by atoms with van der Waals surface area (Å²) >= 11 is 0. The monoisotopic (exact) mass is 373 g/mol. The van der Waals surface area contributed by atoms with Gasteiger partial charge in [0.2, 0.25) is 10.0 Å². The van der Waals surface area contributed by atoms with E-state index in [9.17, 15) is 18.0 Å². The number of nitrogens with one attached hydrogen (secondary N) is 1. The zero-order chi connectivity index (χ0) is 16.8. The van der Waals surface area contributed by atoms with Gasteiger partial charge < -0.3 is 5.73 Å². The van der Waals surface area contributed by atoms with Gasteiger partial charge in [0.25, 0.3) is 11.8 Å². The first-order valence-corrected chi connectivity index (χ1v) is 8.98. The maximum atomic E-state index is 12.6. The molecule has 1 saturated carbocycles. The SMILES string of the molecule is CN1C(=O)c2ccc(S(=O)(=O)NC3(CN)CCCC3)cc2C1=O.Cl. The third kappa shape index (κ3) is 2.95. The second kappa shape index (κ2) is 6.44. The van der Waals surface area contributed by atoms with Crippen molar-refractivity contribution in [2.45, 2.75) is 36.1 Å². The van der Waals surface area contributed by atoms with Gasteiger partial charge in [-0.15, -0.1) is 12.4 Å². The number of nitrogens with two attached hydrogens (primary N) is 1. The van der Waals surface area contributed by atoms with E-state index in [2.05, 4.69) is 4.72 Å². The number of rotatable bonds is 4. The summed E-state index contributed by atoms with van der Waals surface area (Å²) in [5.41, 5.74) is 5.50. The zero-order valence-corrected chi connectivity index (χ0v) is 14.9. The van der Waals surface area contributed by atoms with E-state index in [1.54, 1.807) is 0 Å². The normalized spacial score (nSPS) is 19.3. The molecule has 0 bridgehead atoms. The number of sulfonamides is 1. The molecule has 0 spiro atoms. The second-order valence-electron chi connectivity index (χ2n) is 6.17. The number of hydrogen-bond donors (Lipinski definition) is 2. The van der Waals surface area contributed by atoms with Gasteiger partial charge in [-0.2, -0.15) is 0 Å². The van der Waals surface area contributed by atoms with Crippen LogP contribution in [-0.2, 0) is 10.0 Å². The minimum atomic E-state index is -3.81. The van der Waals surface area contributed by atoms with Crippen LogP contribution in [0.1, 0.15) is 46.4 Å². The number of imide groups is 1. The standard InChI is InChI=1S/C15H19N3O4S.ClH/c1-18-13(19)11-5-4-10(8-12(11)14(18)20)23(21,22)17-15(9-16)6-2-3-7-15;/h4-5,8,17H,2-3,6-7,9,16H2,1H3;1H. The summed E-state index contributed by atoms with van der Waals surface area (Å²) in [6.45, 7) is 0.233. The lowest BCUT2D eigenvalue weighted by molar-refractivity contribution is 0.0693. The summed E-state index contributed by atoms with van der Waals surface area (Å²) < 4.78 is 28.0. The Balaban J connectivity index is 0.00000208. The number of carbonyl (C=O) groups excluding carboxylic acids is 2. The van der Waals surface area contributed by atoms with Gasteiger partial charge in [-0.1, -0.05) is 12.8 Å². The van der Waals surface area contributed by atoms with Crippen LogP contribution in [0.4, 0.5) is 0 Å². The van der Waals surface area contributed by atoms with Crippen LogP contribution in [0.5, 0.6) is 0 Å². The smallest absolute Gasteiger partial charge is 0.261 e. The number of fused-ring (bicyclic) bond motifs is 1. The Morgan fingerprint density at radius 3 is 2.33 bits per heavy atom. The predicted molar refractivity (Wildman–Crippen MR) is 90.7 cm³/mol. The fraction of sp³-hybridized carbons (Fsp3) is 0.467. The highest BCUT2D eigenvalue weighted by Gasteiger charge is 2.38. The van der Waals surface area contributed by atoms with Gasteiger partial charge in [0.05, 0.1) is 16.0 Å². The van der Waals surface area contributed by atoms with E-state index in [-0.39, 0.29) is 35.0 Å². The minimum absolute atomic E-state index is 0. The highest BCUT2D eigenvalue weighted by Crippen LogP contribution is 2.31. The summed E-state index contributed by atoms with van der Waals surface area (Å²) in [7, 11) is -2.43. The summed E-state index contributed by atoms with van der Waals surface area (Å²) in [5, 5.41) is 0. The highest BCUT2D eigenvalue weighted by atomic mass is 35.5. The molecule has 0 atom stereocenters. The second-order valence-corrected chi connectivity index (χ2v) is 7.86. The molecule has 0 saturated heterocycles. The number of nitrogens with zero attached hydrogens (tertiary/aromatic N) is 1. The number of hydrogen-bond acceptors (Lipinski definition) is 5. The Bertz CT molecular complexity index is 788. The topological polar surface area (TPSA) is 110 Å². The van der Waals surface area contributed by atoms with E-state index in [1.807, 2.05) is 0 Å². The van der Waals surface area contributed by atoms with Gasteiger partial charge in [0, 0.05) is 19.1 Å². The Morgan fingerprint density at radius 2 is 1.75 bits per heavy atom. The van der Waals surface area contributed by atoms with Crippen molar-refractivity contribution in [1.29, 1.82) is 0 Å². The molecule has 0 unspecified atom stereocenters. The number of halogens is 1. The van der Waals surface area contributed by atoms with Crippen molar-refractivity contribution in [2.24, 2.45) is 5.73 Å². The van der Waals surface area contributed by atoms with Gasteiger partial charge >= 0.3 is 0 Å². The molecule has 9 heteroatoms. The van der Waals surface area contributed by atoms with E-state index in [1.165, 1.54) is 25.2 Å². The molecule has 7 nitrogen and oxygen atoms in total. The van der Waals surface area contributed by atoms with Crippen molar-refractivity contribution in [2.75, 3.05) is 13.6 Å². The molecule has 3 N–H and O–H groups in total. The molecule has 1 aromatic rings. The molecular formula is C15H20ClN3O4S. The fourth-order valence-electron chi connectivity index (χ4n) is 3.25. The average molecular weight is 374 g/mol.